The van der Waals surface area contributed by atoms with E-state index in [-0.39, 0.29) is 29.1 Å². The summed E-state index contributed by atoms with van der Waals surface area (Å²) in [6.07, 6.45) is 6.01. The van der Waals surface area contributed by atoms with Crippen molar-refractivity contribution < 1.29 is 14.4 Å². The summed E-state index contributed by atoms with van der Waals surface area (Å²) in [7, 11) is 0. The van der Waals surface area contributed by atoms with E-state index in [2.05, 4.69) is 48.4 Å². The van der Waals surface area contributed by atoms with E-state index in [0.717, 1.165) is 57.4 Å². The third-order valence-electron chi connectivity index (χ3n) is 9.00. The predicted molar refractivity (Wildman–Crippen MR) is 168 cm³/mol. The lowest BCUT2D eigenvalue weighted by Crippen LogP contribution is -2.46. The van der Waals surface area contributed by atoms with E-state index in [4.69, 9.17) is 0 Å². The lowest BCUT2D eigenvalue weighted by Gasteiger charge is -2.29. The van der Waals surface area contributed by atoms with Crippen molar-refractivity contribution in [2.45, 2.75) is 64.7 Å². The van der Waals surface area contributed by atoms with Gasteiger partial charge in [-0.15, -0.1) is 0 Å². The Labute approximate surface area is 250 Å². The Morgan fingerprint density at radius 1 is 0.738 bits per heavy atom. The number of amides is 3. The number of benzene rings is 2. The zero-order valence-electron chi connectivity index (χ0n) is 25.6. The fraction of sp³-hybridized carbons (Fsp3) is 0.559. The van der Waals surface area contributed by atoms with Crippen LogP contribution in [-0.2, 0) is 10.2 Å². The van der Waals surface area contributed by atoms with Gasteiger partial charge in [0.15, 0.2) is 0 Å². The topological polar surface area (TPSA) is 85.0 Å². The predicted octanol–water partition coefficient (Wildman–Crippen LogP) is 4.90. The Hall–Kier alpha value is -3.39. The molecule has 2 aromatic rings. The summed E-state index contributed by atoms with van der Waals surface area (Å²) in [5, 5.41) is 6.53. The molecule has 2 N–H and O–H groups in total. The molecule has 42 heavy (non-hydrogen) atoms. The van der Waals surface area contributed by atoms with E-state index in [9.17, 15) is 14.4 Å². The van der Waals surface area contributed by atoms with Gasteiger partial charge in [-0.25, -0.2) is 0 Å². The van der Waals surface area contributed by atoms with Crippen molar-refractivity contribution in [3.05, 3.63) is 59.2 Å². The van der Waals surface area contributed by atoms with Crippen molar-refractivity contribution >= 4 is 29.1 Å². The van der Waals surface area contributed by atoms with Crippen LogP contribution in [0.5, 0.6) is 0 Å². The number of nitrogens with one attached hydrogen (secondary N) is 2. The highest BCUT2D eigenvalue weighted by Crippen LogP contribution is 2.32. The van der Waals surface area contributed by atoms with Crippen LogP contribution in [0.15, 0.2) is 42.5 Å². The molecule has 1 aliphatic carbocycles. The molecule has 8 heteroatoms. The van der Waals surface area contributed by atoms with Gasteiger partial charge < -0.3 is 25.3 Å². The molecule has 3 amide bonds. The number of carbonyl (C=O) groups excluding carboxylic acids is 3. The number of rotatable bonds is 5. The molecule has 2 aliphatic heterocycles. The SMILES string of the molecule is CC(C)(C)c1ccc(C(=O)N2CCCN(c3ccc(C(=O)N4CCNCC4)cc3NC(=O)C3CCCCC3)CC2)cc1. The molecule has 226 valence electrons. The van der Waals surface area contributed by atoms with Crippen LogP contribution in [-0.4, -0.2) is 79.9 Å². The number of hydrogen-bond donors (Lipinski definition) is 2. The Bertz CT molecular complexity index is 1260. The molecular formula is C34H47N5O3. The van der Waals surface area contributed by atoms with Crippen LogP contribution in [0.1, 0.15) is 85.6 Å². The first-order chi connectivity index (χ1) is 20.2. The quantitative estimate of drug-likeness (QED) is 0.532. The van der Waals surface area contributed by atoms with E-state index in [1.54, 1.807) is 0 Å². The van der Waals surface area contributed by atoms with Gasteiger partial charge in [0.05, 0.1) is 11.4 Å². The van der Waals surface area contributed by atoms with E-state index in [0.29, 0.717) is 49.5 Å². The van der Waals surface area contributed by atoms with E-state index in [1.165, 1.54) is 12.0 Å². The zero-order chi connectivity index (χ0) is 29.7. The summed E-state index contributed by atoms with van der Waals surface area (Å²) in [5.74, 6) is 0.121. The summed E-state index contributed by atoms with van der Waals surface area (Å²) in [4.78, 5) is 46.2. The largest absolute Gasteiger partial charge is 0.368 e. The van der Waals surface area contributed by atoms with Gasteiger partial charge in [0.25, 0.3) is 11.8 Å². The molecular weight excluding hydrogens is 526 g/mol. The summed E-state index contributed by atoms with van der Waals surface area (Å²) >= 11 is 0. The van der Waals surface area contributed by atoms with Gasteiger partial charge in [0.1, 0.15) is 0 Å². The highest BCUT2D eigenvalue weighted by molar-refractivity contribution is 6.00. The van der Waals surface area contributed by atoms with E-state index < -0.39 is 0 Å². The van der Waals surface area contributed by atoms with Crippen LogP contribution in [0, 0.1) is 5.92 Å². The molecule has 2 heterocycles. The van der Waals surface area contributed by atoms with Crippen molar-refractivity contribution in [1.82, 2.24) is 15.1 Å². The van der Waals surface area contributed by atoms with Crippen LogP contribution in [0.25, 0.3) is 0 Å². The molecule has 0 atom stereocenters. The zero-order valence-corrected chi connectivity index (χ0v) is 25.6. The molecule has 0 radical (unpaired) electrons. The lowest BCUT2D eigenvalue weighted by molar-refractivity contribution is -0.120. The van der Waals surface area contributed by atoms with E-state index in [1.807, 2.05) is 40.1 Å². The maximum absolute atomic E-state index is 13.4. The third-order valence-corrected chi connectivity index (χ3v) is 9.00. The summed E-state index contributed by atoms with van der Waals surface area (Å²) in [6, 6.07) is 13.7. The van der Waals surface area contributed by atoms with Crippen molar-refractivity contribution in [2.24, 2.45) is 5.92 Å². The van der Waals surface area contributed by atoms with Gasteiger partial charge in [-0.3, -0.25) is 14.4 Å². The summed E-state index contributed by atoms with van der Waals surface area (Å²) in [5.41, 5.74) is 4.18. The average molecular weight is 574 g/mol. The highest BCUT2D eigenvalue weighted by atomic mass is 16.2. The smallest absolute Gasteiger partial charge is 0.254 e. The fourth-order valence-corrected chi connectivity index (χ4v) is 6.35. The number of carbonyl (C=O) groups is 3. The molecule has 3 fully saturated rings. The van der Waals surface area contributed by atoms with E-state index >= 15 is 0 Å². The van der Waals surface area contributed by atoms with Crippen molar-refractivity contribution in [3.8, 4) is 0 Å². The number of hydrogen-bond acceptors (Lipinski definition) is 5. The Balaban J connectivity index is 1.33. The molecule has 8 nitrogen and oxygen atoms in total. The minimum atomic E-state index is 0.00123. The summed E-state index contributed by atoms with van der Waals surface area (Å²) < 4.78 is 0. The van der Waals surface area contributed by atoms with Crippen LogP contribution in [0.4, 0.5) is 11.4 Å². The minimum Gasteiger partial charge on any atom is -0.368 e. The minimum absolute atomic E-state index is 0.00123. The Morgan fingerprint density at radius 3 is 2.07 bits per heavy atom. The second kappa shape index (κ2) is 13.3. The Kier molecular flexibility index (Phi) is 9.51. The molecule has 2 saturated heterocycles. The highest BCUT2D eigenvalue weighted by Gasteiger charge is 2.27. The molecule has 2 aromatic carbocycles. The molecule has 0 aromatic heterocycles. The van der Waals surface area contributed by atoms with Crippen molar-refractivity contribution in [1.29, 1.82) is 0 Å². The second-order valence-electron chi connectivity index (χ2n) is 13.1. The van der Waals surface area contributed by atoms with Gasteiger partial charge in [-0.05, 0) is 60.6 Å². The Morgan fingerprint density at radius 2 is 1.38 bits per heavy atom. The maximum Gasteiger partial charge on any atom is 0.254 e. The fourth-order valence-electron chi connectivity index (χ4n) is 6.35. The molecule has 5 rings (SSSR count). The van der Waals surface area contributed by atoms with Crippen LogP contribution in [0.2, 0.25) is 0 Å². The molecule has 0 unspecified atom stereocenters. The van der Waals surface area contributed by atoms with Crippen LogP contribution >= 0.6 is 0 Å². The molecule has 3 aliphatic rings. The van der Waals surface area contributed by atoms with Gasteiger partial charge in [0.2, 0.25) is 5.91 Å². The van der Waals surface area contributed by atoms with Gasteiger partial charge >= 0.3 is 0 Å². The monoisotopic (exact) mass is 573 g/mol. The molecule has 0 spiro atoms. The normalized spacial score (nSPS) is 18.9. The summed E-state index contributed by atoms with van der Waals surface area (Å²) in [6.45, 7) is 12.2. The van der Waals surface area contributed by atoms with Gasteiger partial charge in [-0.2, -0.15) is 0 Å². The number of nitrogens with zero attached hydrogens (tertiary/aromatic N) is 3. The first-order valence-electron chi connectivity index (χ1n) is 15.8. The van der Waals surface area contributed by atoms with Gasteiger partial charge in [-0.1, -0.05) is 52.2 Å². The average Bonchev–Trinajstić information content (AvgIpc) is 3.27. The first kappa shape index (κ1) is 30.1. The molecule has 1 saturated carbocycles. The van der Waals surface area contributed by atoms with Crippen LogP contribution in [0.3, 0.4) is 0 Å². The number of anilines is 2. The third kappa shape index (κ3) is 7.14. The van der Waals surface area contributed by atoms with Crippen molar-refractivity contribution in [2.75, 3.05) is 62.6 Å². The number of piperazine rings is 1. The standard InChI is InChI=1S/C34H47N5O3/c1-34(2,3)28-13-10-26(11-14-28)32(41)38-19-7-18-37(22-23-38)30-15-12-27(33(42)39-20-16-35-17-21-39)24-29(30)36-31(40)25-8-5-4-6-9-25/h10-15,24-25,35H,4-9,16-23H2,1-3H3,(H,36,40). The van der Waals surface area contributed by atoms with Crippen molar-refractivity contribution in [3.63, 3.8) is 0 Å². The van der Waals surface area contributed by atoms with Gasteiger partial charge in [0, 0.05) is 69.4 Å². The van der Waals surface area contributed by atoms with Crippen LogP contribution < -0.4 is 15.5 Å². The second-order valence-corrected chi connectivity index (χ2v) is 13.1. The first-order valence-corrected chi connectivity index (χ1v) is 15.8. The lowest BCUT2D eigenvalue weighted by atomic mass is 9.86. The molecule has 0 bridgehead atoms. The maximum atomic E-state index is 13.4.